The van der Waals surface area contributed by atoms with Gasteiger partial charge in [0.05, 0.1) is 11.6 Å². The van der Waals surface area contributed by atoms with Crippen LogP contribution in [-0.2, 0) is 0 Å². The van der Waals surface area contributed by atoms with E-state index in [9.17, 15) is 9.18 Å². The molecule has 3 rings (SSSR count). The fourth-order valence-electron chi connectivity index (χ4n) is 2.86. The van der Waals surface area contributed by atoms with Gasteiger partial charge >= 0.3 is 0 Å². The van der Waals surface area contributed by atoms with E-state index in [0.29, 0.717) is 29.8 Å². The Labute approximate surface area is 145 Å². The third-order valence-corrected chi connectivity index (χ3v) is 5.43. The van der Waals surface area contributed by atoms with Crippen LogP contribution in [0.5, 0.6) is 0 Å². The highest BCUT2D eigenvalue weighted by Crippen LogP contribution is 2.35. The predicted molar refractivity (Wildman–Crippen MR) is 93.3 cm³/mol. The lowest BCUT2D eigenvalue weighted by Crippen LogP contribution is -2.33. The highest BCUT2D eigenvalue weighted by atomic mass is 32.2. The summed E-state index contributed by atoms with van der Waals surface area (Å²) in [5.74, 6) is 0.515. The van der Waals surface area contributed by atoms with Crippen molar-refractivity contribution in [1.82, 2.24) is 4.90 Å². The van der Waals surface area contributed by atoms with Crippen molar-refractivity contribution in [3.63, 3.8) is 0 Å². The molecular weight excluding hydrogens is 323 g/mol. The standard InChI is InChI=1S/C19H17FN2OS/c20-17-7-2-1-6-16(17)18-8-9-22(10-11-24-18)19(23)15-5-3-4-14(12-15)13-21/h1-7,12,18H,8-11H2/t18-/m0/s1. The molecule has 3 nitrogen and oxygen atoms in total. The van der Waals surface area contributed by atoms with E-state index >= 15 is 0 Å². The summed E-state index contributed by atoms with van der Waals surface area (Å²) in [6.45, 7) is 1.22. The van der Waals surface area contributed by atoms with Crippen molar-refractivity contribution in [1.29, 1.82) is 5.26 Å². The molecule has 2 aromatic carbocycles. The lowest BCUT2D eigenvalue weighted by Gasteiger charge is -2.20. The molecule has 0 N–H and O–H groups in total. The summed E-state index contributed by atoms with van der Waals surface area (Å²) in [6.07, 6.45) is 0.718. The summed E-state index contributed by atoms with van der Waals surface area (Å²) in [5, 5.41) is 9.04. The third kappa shape index (κ3) is 3.60. The van der Waals surface area contributed by atoms with Crippen LogP contribution in [0.2, 0.25) is 0 Å². The van der Waals surface area contributed by atoms with Gasteiger partial charge in [0.2, 0.25) is 0 Å². The Hall–Kier alpha value is -2.32. The molecule has 1 atom stereocenters. The number of carbonyl (C=O) groups is 1. The van der Waals surface area contributed by atoms with Crippen LogP contribution in [-0.4, -0.2) is 29.6 Å². The van der Waals surface area contributed by atoms with Gasteiger partial charge in [-0.2, -0.15) is 17.0 Å². The Morgan fingerprint density at radius 2 is 2.04 bits per heavy atom. The molecule has 0 saturated carbocycles. The van der Waals surface area contributed by atoms with Gasteiger partial charge in [0, 0.05) is 35.2 Å². The summed E-state index contributed by atoms with van der Waals surface area (Å²) in [4.78, 5) is 14.5. The van der Waals surface area contributed by atoms with Crippen LogP contribution >= 0.6 is 11.8 Å². The minimum Gasteiger partial charge on any atom is -0.338 e. The fraction of sp³-hybridized carbons (Fsp3) is 0.263. The second-order valence-electron chi connectivity index (χ2n) is 5.65. The van der Waals surface area contributed by atoms with Crippen LogP contribution in [0.4, 0.5) is 4.39 Å². The molecule has 0 radical (unpaired) electrons. The van der Waals surface area contributed by atoms with Gasteiger partial charge < -0.3 is 4.90 Å². The largest absolute Gasteiger partial charge is 0.338 e. The first kappa shape index (κ1) is 16.5. The number of nitriles is 1. The second kappa shape index (κ2) is 7.50. The molecule has 0 aliphatic carbocycles. The van der Waals surface area contributed by atoms with Crippen LogP contribution in [0.15, 0.2) is 48.5 Å². The molecule has 1 fully saturated rings. The normalized spacial score (nSPS) is 17.8. The summed E-state index contributed by atoms with van der Waals surface area (Å²) in [6, 6.07) is 15.7. The number of hydrogen-bond donors (Lipinski definition) is 0. The molecule has 24 heavy (non-hydrogen) atoms. The molecular formula is C19H17FN2OS. The van der Waals surface area contributed by atoms with E-state index in [1.54, 1.807) is 47.0 Å². The maximum atomic E-state index is 14.0. The smallest absolute Gasteiger partial charge is 0.253 e. The number of halogens is 1. The first-order valence-corrected chi connectivity index (χ1v) is 8.89. The van der Waals surface area contributed by atoms with Gasteiger partial charge in [-0.15, -0.1) is 0 Å². The van der Waals surface area contributed by atoms with Gasteiger partial charge in [-0.05, 0) is 30.7 Å². The van der Waals surface area contributed by atoms with E-state index in [0.717, 1.165) is 12.2 Å². The van der Waals surface area contributed by atoms with Crippen LogP contribution in [0.3, 0.4) is 0 Å². The van der Waals surface area contributed by atoms with Gasteiger partial charge in [-0.25, -0.2) is 4.39 Å². The zero-order valence-corrected chi connectivity index (χ0v) is 13.9. The van der Waals surface area contributed by atoms with Crippen molar-refractivity contribution >= 4 is 17.7 Å². The summed E-state index contributed by atoms with van der Waals surface area (Å²) in [7, 11) is 0. The highest BCUT2D eigenvalue weighted by molar-refractivity contribution is 7.99. The molecule has 2 aromatic rings. The lowest BCUT2D eigenvalue weighted by atomic mass is 10.1. The molecule has 1 aliphatic heterocycles. The number of hydrogen-bond acceptors (Lipinski definition) is 3. The number of nitrogens with zero attached hydrogens (tertiary/aromatic N) is 2. The number of carbonyl (C=O) groups excluding carboxylic acids is 1. The molecule has 1 amide bonds. The molecule has 1 aliphatic rings. The van der Waals surface area contributed by atoms with E-state index in [4.69, 9.17) is 5.26 Å². The summed E-state index contributed by atoms with van der Waals surface area (Å²) >= 11 is 1.69. The molecule has 1 heterocycles. The van der Waals surface area contributed by atoms with Crippen molar-refractivity contribution in [2.75, 3.05) is 18.8 Å². The fourth-order valence-corrected chi connectivity index (χ4v) is 4.12. The first-order chi connectivity index (χ1) is 11.7. The maximum absolute atomic E-state index is 14.0. The highest BCUT2D eigenvalue weighted by Gasteiger charge is 2.24. The van der Waals surface area contributed by atoms with E-state index in [1.807, 2.05) is 12.1 Å². The molecule has 0 spiro atoms. The lowest BCUT2D eigenvalue weighted by molar-refractivity contribution is 0.0766. The van der Waals surface area contributed by atoms with E-state index in [-0.39, 0.29) is 17.0 Å². The topological polar surface area (TPSA) is 44.1 Å². The average molecular weight is 340 g/mol. The Balaban J connectivity index is 1.72. The molecule has 5 heteroatoms. The Bertz CT molecular complexity index is 787. The monoisotopic (exact) mass is 340 g/mol. The Morgan fingerprint density at radius 1 is 1.21 bits per heavy atom. The second-order valence-corrected chi connectivity index (χ2v) is 6.97. The predicted octanol–water partition coefficient (Wildman–Crippen LogP) is 4.02. The first-order valence-electron chi connectivity index (χ1n) is 7.84. The zero-order valence-electron chi connectivity index (χ0n) is 13.1. The number of rotatable bonds is 2. The van der Waals surface area contributed by atoms with E-state index < -0.39 is 0 Å². The van der Waals surface area contributed by atoms with Crippen LogP contribution in [0.1, 0.15) is 33.2 Å². The minimum absolute atomic E-state index is 0.0643. The number of thioether (sulfide) groups is 1. The van der Waals surface area contributed by atoms with Gasteiger partial charge in [0.1, 0.15) is 5.82 Å². The van der Waals surface area contributed by atoms with Crippen LogP contribution in [0, 0.1) is 17.1 Å². The minimum atomic E-state index is -0.184. The summed E-state index contributed by atoms with van der Waals surface area (Å²) < 4.78 is 14.0. The van der Waals surface area contributed by atoms with Crippen molar-refractivity contribution in [3.8, 4) is 6.07 Å². The SMILES string of the molecule is N#Cc1cccc(C(=O)N2CCS[C@H](c3ccccc3F)CC2)c1. The van der Waals surface area contributed by atoms with Crippen molar-refractivity contribution in [2.45, 2.75) is 11.7 Å². The molecule has 0 aromatic heterocycles. The van der Waals surface area contributed by atoms with Crippen molar-refractivity contribution in [3.05, 3.63) is 71.0 Å². The van der Waals surface area contributed by atoms with Gasteiger partial charge in [0.25, 0.3) is 5.91 Å². The zero-order chi connectivity index (χ0) is 16.9. The van der Waals surface area contributed by atoms with Gasteiger partial charge in [-0.1, -0.05) is 24.3 Å². The number of benzene rings is 2. The molecule has 0 bridgehead atoms. The van der Waals surface area contributed by atoms with Crippen molar-refractivity contribution < 1.29 is 9.18 Å². The van der Waals surface area contributed by atoms with Crippen LogP contribution in [0.25, 0.3) is 0 Å². The molecule has 122 valence electrons. The summed E-state index contributed by atoms with van der Waals surface area (Å²) in [5.41, 5.74) is 1.72. The average Bonchev–Trinajstić information content (AvgIpc) is 2.87. The van der Waals surface area contributed by atoms with Gasteiger partial charge in [-0.3, -0.25) is 4.79 Å². The quantitative estimate of drug-likeness (QED) is 0.829. The van der Waals surface area contributed by atoms with E-state index in [1.165, 1.54) is 6.07 Å². The number of amides is 1. The maximum Gasteiger partial charge on any atom is 0.253 e. The van der Waals surface area contributed by atoms with Crippen LogP contribution < -0.4 is 0 Å². The van der Waals surface area contributed by atoms with E-state index in [2.05, 4.69) is 6.07 Å². The third-order valence-electron chi connectivity index (χ3n) is 4.12. The van der Waals surface area contributed by atoms with Gasteiger partial charge in [0.15, 0.2) is 0 Å². The Kier molecular flexibility index (Phi) is 5.17. The Morgan fingerprint density at radius 3 is 2.83 bits per heavy atom. The molecule has 1 saturated heterocycles. The van der Waals surface area contributed by atoms with Crippen molar-refractivity contribution in [2.24, 2.45) is 0 Å². The molecule has 0 unspecified atom stereocenters.